The average Bonchev–Trinajstić information content (AvgIpc) is 2.53. The van der Waals surface area contributed by atoms with Gasteiger partial charge in [-0.25, -0.2) is 4.79 Å². The molecule has 124 valence electrons. The fourth-order valence-electron chi connectivity index (χ4n) is 2.77. The predicted molar refractivity (Wildman–Crippen MR) is 82.6 cm³/mol. The highest BCUT2D eigenvalue weighted by Gasteiger charge is 2.33. The van der Waals surface area contributed by atoms with E-state index in [-0.39, 0.29) is 31.3 Å². The number of carbonyl (C=O) groups excluding carboxylic acids is 2. The van der Waals surface area contributed by atoms with Crippen molar-refractivity contribution in [2.75, 3.05) is 6.61 Å². The second-order valence-electron chi connectivity index (χ2n) is 5.76. The first-order valence-electron chi connectivity index (χ1n) is 7.72. The molecule has 0 unspecified atom stereocenters. The number of hydrogen-bond acceptors (Lipinski definition) is 4. The van der Waals surface area contributed by atoms with Crippen LogP contribution in [0.1, 0.15) is 31.2 Å². The highest BCUT2D eigenvalue weighted by molar-refractivity contribution is 5.86. The molecule has 2 atom stereocenters. The van der Waals surface area contributed by atoms with Crippen LogP contribution in [0.3, 0.4) is 0 Å². The number of carbonyl (C=O) groups is 3. The maximum Gasteiger partial charge on any atom is 0.326 e. The van der Waals surface area contributed by atoms with Crippen LogP contribution in [0.4, 0.5) is 0 Å². The number of ketones is 1. The second kappa shape index (κ2) is 8.43. The fourth-order valence-corrected chi connectivity index (χ4v) is 2.77. The van der Waals surface area contributed by atoms with Crippen LogP contribution >= 0.6 is 0 Å². The Morgan fingerprint density at radius 2 is 2.04 bits per heavy atom. The smallest absolute Gasteiger partial charge is 0.326 e. The summed E-state index contributed by atoms with van der Waals surface area (Å²) >= 11 is 0. The summed E-state index contributed by atoms with van der Waals surface area (Å²) in [7, 11) is 0. The molecule has 1 amide bonds. The summed E-state index contributed by atoms with van der Waals surface area (Å²) in [6, 6.07) is 8.36. The Kier molecular flexibility index (Phi) is 6.29. The Hall–Kier alpha value is -2.21. The summed E-state index contributed by atoms with van der Waals surface area (Å²) in [6.07, 6.45) is 2.01. The number of rotatable bonds is 7. The maximum atomic E-state index is 11.9. The van der Waals surface area contributed by atoms with Gasteiger partial charge in [0.05, 0.1) is 6.61 Å². The van der Waals surface area contributed by atoms with Crippen molar-refractivity contribution in [3.63, 3.8) is 0 Å². The third-order valence-electron chi connectivity index (χ3n) is 3.92. The molecule has 1 fully saturated rings. The molecule has 0 spiro atoms. The largest absolute Gasteiger partial charge is 0.480 e. The Morgan fingerprint density at radius 1 is 1.30 bits per heavy atom. The molecule has 1 saturated carbocycles. The molecule has 0 bridgehead atoms. The molecular formula is C17H21NO5. The number of hydrogen-bond donors (Lipinski definition) is 2. The molecule has 23 heavy (non-hydrogen) atoms. The Bertz CT molecular complexity index is 557. The van der Waals surface area contributed by atoms with Crippen molar-refractivity contribution in [1.29, 1.82) is 0 Å². The van der Waals surface area contributed by atoms with E-state index in [9.17, 15) is 19.5 Å². The van der Waals surface area contributed by atoms with Gasteiger partial charge in [-0.3, -0.25) is 9.59 Å². The van der Waals surface area contributed by atoms with E-state index < -0.39 is 17.9 Å². The first kappa shape index (κ1) is 17.1. The Labute approximate surface area is 134 Å². The highest BCUT2D eigenvalue weighted by Crippen LogP contribution is 2.24. The van der Waals surface area contributed by atoms with Crippen molar-refractivity contribution in [3.8, 4) is 0 Å². The van der Waals surface area contributed by atoms with Crippen LogP contribution in [-0.2, 0) is 25.7 Å². The molecule has 6 nitrogen and oxygen atoms in total. The number of aliphatic carboxylic acids is 1. The first-order valence-corrected chi connectivity index (χ1v) is 7.72. The van der Waals surface area contributed by atoms with Crippen LogP contribution in [0.15, 0.2) is 30.3 Å². The molecule has 0 aliphatic heterocycles. The van der Waals surface area contributed by atoms with E-state index in [4.69, 9.17) is 4.74 Å². The molecule has 0 radical (unpaired) electrons. The van der Waals surface area contributed by atoms with E-state index in [0.717, 1.165) is 5.56 Å². The molecule has 2 N–H and O–H groups in total. The van der Waals surface area contributed by atoms with Crippen molar-refractivity contribution in [1.82, 2.24) is 5.32 Å². The minimum atomic E-state index is -1.11. The lowest BCUT2D eigenvalue weighted by Crippen LogP contribution is -2.48. The maximum absolute atomic E-state index is 11.9. The van der Waals surface area contributed by atoms with Crippen LogP contribution in [0.5, 0.6) is 0 Å². The lowest BCUT2D eigenvalue weighted by molar-refractivity contribution is -0.145. The molecule has 1 aliphatic rings. The number of ether oxygens (including phenoxy) is 1. The third-order valence-corrected chi connectivity index (χ3v) is 3.92. The molecule has 1 aliphatic carbocycles. The van der Waals surface area contributed by atoms with Gasteiger partial charge in [-0.05, 0) is 24.3 Å². The van der Waals surface area contributed by atoms with Crippen molar-refractivity contribution < 1.29 is 24.2 Å². The van der Waals surface area contributed by atoms with Crippen LogP contribution in [0.25, 0.3) is 0 Å². The van der Waals surface area contributed by atoms with Gasteiger partial charge < -0.3 is 15.2 Å². The van der Waals surface area contributed by atoms with E-state index in [1.165, 1.54) is 0 Å². The van der Waals surface area contributed by atoms with Crippen LogP contribution in [0, 0.1) is 5.92 Å². The van der Waals surface area contributed by atoms with Crippen LogP contribution in [-0.4, -0.2) is 35.4 Å². The van der Waals surface area contributed by atoms with E-state index >= 15 is 0 Å². The molecule has 0 heterocycles. The molecular weight excluding hydrogens is 298 g/mol. The average molecular weight is 319 g/mol. The van der Waals surface area contributed by atoms with Gasteiger partial charge in [0.25, 0.3) is 0 Å². The molecule has 6 heteroatoms. The van der Waals surface area contributed by atoms with E-state index in [1.54, 1.807) is 0 Å². The van der Waals surface area contributed by atoms with Crippen molar-refractivity contribution in [2.24, 2.45) is 5.92 Å². The lowest BCUT2D eigenvalue weighted by atomic mass is 9.83. The number of amides is 1. The molecule has 0 saturated heterocycles. The minimum absolute atomic E-state index is 0.0575. The standard InChI is InChI=1S/C17H21NO5/c19-14-8-4-7-13(9-14)16(17(21)22)18-15(20)11-23-10-12-5-2-1-3-6-12/h1-3,5-6,13,16H,4,7-11H2,(H,18,20)(H,21,22)/t13-,16-/m1/s1. The topological polar surface area (TPSA) is 92.7 Å². The van der Waals surface area contributed by atoms with Gasteiger partial charge in [0.15, 0.2) is 0 Å². The summed E-state index contributed by atoms with van der Waals surface area (Å²) in [6.45, 7) is 0.0766. The summed E-state index contributed by atoms with van der Waals surface area (Å²) in [5.41, 5.74) is 0.938. The van der Waals surface area contributed by atoms with E-state index in [2.05, 4.69) is 5.32 Å². The van der Waals surface area contributed by atoms with E-state index in [0.29, 0.717) is 19.3 Å². The van der Waals surface area contributed by atoms with Gasteiger partial charge in [-0.2, -0.15) is 0 Å². The normalized spacial score (nSPS) is 19.1. The number of carboxylic acids is 1. The predicted octanol–water partition coefficient (Wildman–Crippen LogP) is 1.53. The monoisotopic (exact) mass is 319 g/mol. The number of carboxylic acid groups (broad SMARTS) is 1. The second-order valence-corrected chi connectivity index (χ2v) is 5.76. The zero-order chi connectivity index (χ0) is 16.7. The Balaban J connectivity index is 1.81. The highest BCUT2D eigenvalue weighted by atomic mass is 16.5. The van der Waals surface area contributed by atoms with Gasteiger partial charge in [0.2, 0.25) is 5.91 Å². The zero-order valence-electron chi connectivity index (χ0n) is 12.9. The Morgan fingerprint density at radius 3 is 2.70 bits per heavy atom. The van der Waals surface area contributed by atoms with Crippen LogP contribution in [0.2, 0.25) is 0 Å². The molecule has 0 aromatic heterocycles. The molecule has 1 aromatic rings. The summed E-state index contributed by atoms with van der Waals surface area (Å²) in [5, 5.41) is 11.8. The van der Waals surface area contributed by atoms with Gasteiger partial charge in [-0.1, -0.05) is 30.3 Å². The zero-order valence-corrected chi connectivity index (χ0v) is 12.9. The van der Waals surface area contributed by atoms with Gasteiger partial charge in [0, 0.05) is 12.8 Å². The number of benzene rings is 1. The number of Topliss-reactive ketones (excluding diaryl/α,β-unsaturated/α-hetero) is 1. The van der Waals surface area contributed by atoms with Crippen LogP contribution < -0.4 is 5.32 Å². The molecule has 2 rings (SSSR count). The van der Waals surface area contributed by atoms with Gasteiger partial charge >= 0.3 is 5.97 Å². The van der Waals surface area contributed by atoms with Gasteiger partial charge in [0.1, 0.15) is 18.4 Å². The first-order chi connectivity index (χ1) is 11.1. The van der Waals surface area contributed by atoms with Crippen molar-refractivity contribution in [2.45, 2.75) is 38.3 Å². The summed E-state index contributed by atoms with van der Waals surface area (Å²) in [4.78, 5) is 34.7. The third kappa shape index (κ3) is 5.49. The minimum Gasteiger partial charge on any atom is -0.480 e. The molecule has 1 aromatic carbocycles. The summed E-state index contributed by atoms with van der Waals surface area (Å²) < 4.78 is 5.30. The number of nitrogens with one attached hydrogen (secondary N) is 1. The fraction of sp³-hybridized carbons (Fsp3) is 0.471. The van der Waals surface area contributed by atoms with Crippen molar-refractivity contribution in [3.05, 3.63) is 35.9 Å². The lowest BCUT2D eigenvalue weighted by Gasteiger charge is -2.27. The quantitative estimate of drug-likeness (QED) is 0.795. The van der Waals surface area contributed by atoms with Gasteiger partial charge in [-0.15, -0.1) is 0 Å². The summed E-state index contributed by atoms with van der Waals surface area (Å²) in [5.74, 6) is -1.87. The van der Waals surface area contributed by atoms with E-state index in [1.807, 2.05) is 30.3 Å². The SMILES string of the molecule is O=C1CCC[C@@H]([C@@H](NC(=O)COCc2ccccc2)C(=O)O)C1. The van der Waals surface area contributed by atoms with Crippen molar-refractivity contribution >= 4 is 17.7 Å².